The molecule has 0 aromatic heterocycles. The molecule has 0 spiro atoms. The van der Waals surface area contributed by atoms with E-state index in [1.807, 2.05) is 38.2 Å². The molecular weight excluding hydrogens is 252 g/mol. The first-order chi connectivity index (χ1) is 9.58. The van der Waals surface area contributed by atoms with E-state index in [-0.39, 0.29) is 18.4 Å². The van der Waals surface area contributed by atoms with Crippen molar-refractivity contribution in [1.29, 1.82) is 0 Å². The van der Waals surface area contributed by atoms with Crippen LogP contribution in [0.3, 0.4) is 0 Å². The van der Waals surface area contributed by atoms with E-state index in [9.17, 15) is 4.79 Å². The zero-order chi connectivity index (χ0) is 15.0. The topological polar surface area (TPSA) is 52.6 Å². The van der Waals surface area contributed by atoms with Crippen molar-refractivity contribution < 1.29 is 9.90 Å². The lowest BCUT2D eigenvalue weighted by atomic mass is 10.1. The SMILES string of the molecule is CNC(=O)C(C)CN(C)Cc1ccccc1C#CCO. The molecule has 2 N–H and O–H groups in total. The number of hydrogen-bond donors (Lipinski definition) is 2. The Morgan fingerprint density at radius 2 is 2.15 bits per heavy atom. The number of benzene rings is 1. The Balaban J connectivity index is 2.70. The van der Waals surface area contributed by atoms with Crippen molar-refractivity contribution in [1.82, 2.24) is 10.2 Å². The molecule has 0 aliphatic heterocycles. The Hall–Kier alpha value is -1.83. The number of carbonyl (C=O) groups is 1. The molecule has 1 aromatic carbocycles. The highest BCUT2D eigenvalue weighted by Gasteiger charge is 2.14. The monoisotopic (exact) mass is 274 g/mol. The van der Waals surface area contributed by atoms with Crippen LogP contribution in [0, 0.1) is 17.8 Å². The molecule has 4 nitrogen and oxygen atoms in total. The van der Waals surface area contributed by atoms with Gasteiger partial charge in [0.15, 0.2) is 0 Å². The molecule has 4 heteroatoms. The van der Waals surface area contributed by atoms with E-state index in [0.717, 1.165) is 17.7 Å². The largest absolute Gasteiger partial charge is 0.384 e. The fourth-order valence-electron chi connectivity index (χ4n) is 2.07. The van der Waals surface area contributed by atoms with Crippen molar-refractivity contribution in [2.45, 2.75) is 13.5 Å². The second kappa shape index (κ2) is 8.36. The van der Waals surface area contributed by atoms with Gasteiger partial charge in [0.2, 0.25) is 5.91 Å². The molecule has 0 aliphatic rings. The Labute approximate surface area is 120 Å². The number of rotatable bonds is 5. The van der Waals surface area contributed by atoms with Crippen LogP contribution >= 0.6 is 0 Å². The van der Waals surface area contributed by atoms with E-state index in [0.29, 0.717) is 6.54 Å². The van der Waals surface area contributed by atoms with Crippen LogP contribution < -0.4 is 5.32 Å². The minimum Gasteiger partial charge on any atom is -0.384 e. The van der Waals surface area contributed by atoms with Crippen molar-refractivity contribution in [3.05, 3.63) is 35.4 Å². The Morgan fingerprint density at radius 1 is 1.45 bits per heavy atom. The van der Waals surface area contributed by atoms with Crippen molar-refractivity contribution in [2.24, 2.45) is 5.92 Å². The maximum absolute atomic E-state index is 11.5. The van der Waals surface area contributed by atoms with Crippen LogP contribution in [0.5, 0.6) is 0 Å². The fraction of sp³-hybridized carbons (Fsp3) is 0.438. The van der Waals surface area contributed by atoms with Crippen LogP contribution in [0.25, 0.3) is 0 Å². The summed E-state index contributed by atoms with van der Waals surface area (Å²) in [6.45, 7) is 3.17. The maximum atomic E-state index is 11.5. The van der Waals surface area contributed by atoms with E-state index in [1.165, 1.54) is 0 Å². The normalized spacial score (nSPS) is 11.7. The molecule has 0 radical (unpaired) electrons. The summed E-state index contributed by atoms with van der Waals surface area (Å²) < 4.78 is 0. The average Bonchev–Trinajstić information content (AvgIpc) is 2.45. The van der Waals surface area contributed by atoms with Gasteiger partial charge in [0.25, 0.3) is 0 Å². The van der Waals surface area contributed by atoms with Crippen molar-refractivity contribution in [3.8, 4) is 11.8 Å². The number of hydrogen-bond acceptors (Lipinski definition) is 3. The Morgan fingerprint density at radius 3 is 2.80 bits per heavy atom. The summed E-state index contributed by atoms with van der Waals surface area (Å²) in [6.07, 6.45) is 0. The van der Waals surface area contributed by atoms with Crippen molar-refractivity contribution >= 4 is 5.91 Å². The highest BCUT2D eigenvalue weighted by atomic mass is 16.2. The van der Waals surface area contributed by atoms with Crippen molar-refractivity contribution in [3.63, 3.8) is 0 Å². The molecule has 1 aromatic rings. The van der Waals surface area contributed by atoms with E-state index < -0.39 is 0 Å². The van der Waals surface area contributed by atoms with Crippen LogP contribution in [-0.2, 0) is 11.3 Å². The number of nitrogens with one attached hydrogen (secondary N) is 1. The maximum Gasteiger partial charge on any atom is 0.223 e. The molecule has 108 valence electrons. The van der Waals surface area contributed by atoms with Gasteiger partial charge in [-0.15, -0.1) is 0 Å². The lowest BCUT2D eigenvalue weighted by Crippen LogP contribution is -2.34. The minimum atomic E-state index is -0.141. The van der Waals surface area contributed by atoms with Crippen LogP contribution in [0.15, 0.2) is 24.3 Å². The van der Waals surface area contributed by atoms with Gasteiger partial charge in [0, 0.05) is 31.6 Å². The second-order valence-electron chi connectivity index (χ2n) is 4.83. The van der Waals surface area contributed by atoms with Crippen LogP contribution in [0.2, 0.25) is 0 Å². The predicted octanol–water partition coefficient (Wildman–Crippen LogP) is 0.844. The molecule has 0 heterocycles. The zero-order valence-electron chi connectivity index (χ0n) is 12.3. The lowest BCUT2D eigenvalue weighted by molar-refractivity contribution is -0.124. The van der Waals surface area contributed by atoms with Crippen molar-refractivity contribution in [2.75, 3.05) is 27.2 Å². The third-order valence-corrected chi connectivity index (χ3v) is 3.04. The fourth-order valence-corrected chi connectivity index (χ4v) is 2.07. The summed E-state index contributed by atoms with van der Waals surface area (Å²) in [5.41, 5.74) is 2.01. The number of aliphatic hydroxyl groups is 1. The average molecular weight is 274 g/mol. The van der Waals surface area contributed by atoms with Gasteiger partial charge in [0.05, 0.1) is 0 Å². The van der Waals surface area contributed by atoms with Gasteiger partial charge >= 0.3 is 0 Å². The number of carbonyl (C=O) groups excluding carboxylic acids is 1. The summed E-state index contributed by atoms with van der Waals surface area (Å²) >= 11 is 0. The second-order valence-corrected chi connectivity index (χ2v) is 4.83. The lowest BCUT2D eigenvalue weighted by Gasteiger charge is -2.21. The highest BCUT2D eigenvalue weighted by molar-refractivity contribution is 5.78. The number of nitrogens with zero attached hydrogens (tertiary/aromatic N) is 1. The summed E-state index contributed by atoms with van der Waals surface area (Å²) in [5.74, 6) is 5.61. The first kappa shape index (κ1) is 16.2. The number of aliphatic hydroxyl groups excluding tert-OH is 1. The van der Waals surface area contributed by atoms with Crippen LogP contribution in [0.1, 0.15) is 18.1 Å². The van der Waals surface area contributed by atoms with E-state index in [1.54, 1.807) is 7.05 Å². The molecule has 0 saturated carbocycles. The molecule has 0 fully saturated rings. The molecule has 1 rings (SSSR count). The smallest absolute Gasteiger partial charge is 0.223 e. The molecule has 1 unspecified atom stereocenters. The molecule has 20 heavy (non-hydrogen) atoms. The molecule has 0 bridgehead atoms. The number of amides is 1. The quantitative estimate of drug-likeness (QED) is 0.783. The summed E-state index contributed by atoms with van der Waals surface area (Å²) in [7, 11) is 3.63. The van der Waals surface area contributed by atoms with Gasteiger partial charge < -0.3 is 15.3 Å². The summed E-state index contributed by atoms with van der Waals surface area (Å²) in [4.78, 5) is 13.6. The van der Waals surface area contributed by atoms with Gasteiger partial charge in [-0.1, -0.05) is 37.0 Å². The highest BCUT2D eigenvalue weighted by Crippen LogP contribution is 2.11. The van der Waals surface area contributed by atoms with Gasteiger partial charge in [0.1, 0.15) is 6.61 Å². The Kier molecular flexibility index (Phi) is 6.78. The molecule has 1 amide bonds. The third kappa shape index (κ3) is 5.04. The predicted molar refractivity (Wildman–Crippen MR) is 80.0 cm³/mol. The Bertz CT molecular complexity index is 503. The van der Waals surface area contributed by atoms with Gasteiger partial charge in [-0.3, -0.25) is 4.79 Å². The molecule has 1 atom stereocenters. The third-order valence-electron chi connectivity index (χ3n) is 3.04. The van der Waals surface area contributed by atoms with Crippen LogP contribution in [-0.4, -0.2) is 43.2 Å². The summed E-state index contributed by atoms with van der Waals surface area (Å²) in [5, 5.41) is 11.4. The zero-order valence-corrected chi connectivity index (χ0v) is 12.3. The van der Waals surface area contributed by atoms with Gasteiger partial charge in [-0.2, -0.15) is 0 Å². The molecule has 0 aliphatic carbocycles. The van der Waals surface area contributed by atoms with E-state index >= 15 is 0 Å². The first-order valence-corrected chi connectivity index (χ1v) is 6.66. The summed E-state index contributed by atoms with van der Waals surface area (Å²) in [6, 6.07) is 7.85. The van der Waals surface area contributed by atoms with Crippen LogP contribution in [0.4, 0.5) is 0 Å². The standard InChI is InChI=1S/C16H22N2O2/c1-13(16(20)17-2)11-18(3)12-15-8-5-4-7-14(15)9-6-10-19/h4-5,7-8,13,19H,10-12H2,1-3H3,(H,17,20). The van der Waals surface area contributed by atoms with E-state index in [2.05, 4.69) is 22.1 Å². The van der Waals surface area contributed by atoms with Gasteiger partial charge in [-0.25, -0.2) is 0 Å². The van der Waals surface area contributed by atoms with E-state index in [4.69, 9.17) is 5.11 Å². The molecule has 0 saturated heterocycles. The molecular formula is C16H22N2O2. The van der Waals surface area contributed by atoms with Gasteiger partial charge in [-0.05, 0) is 18.7 Å². The minimum absolute atomic E-state index is 0.0465. The first-order valence-electron chi connectivity index (χ1n) is 6.66.